The number of amides is 1. The number of ether oxygens (including phenoxy) is 1. The number of carbonyl (C=O) groups excluding carboxylic acids is 1. The third-order valence-electron chi connectivity index (χ3n) is 5.23. The number of nitrogens with zero attached hydrogens (tertiary/aromatic N) is 5. The van der Waals surface area contributed by atoms with Gasteiger partial charge in [0.05, 0.1) is 18.4 Å². The van der Waals surface area contributed by atoms with Crippen molar-refractivity contribution in [1.82, 2.24) is 29.5 Å². The molecule has 1 N–H and O–H groups in total. The van der Waals surface area contributed by atoms with Crippen molar-refractivity contribution in [3.63, 3.8) is 0 Å². The van der Waals surface area contributed by atoms with Gasteiger partial charge in [-0.1, -0.05) is 20.8 Å². The minimum absolute atomic E-state index is 0.0174. The van der Waals surface area contributed by atoms with Gasteiger partial charge >= 0.3 is 6.01 Å². The maximum atomic E-state index is 12.7. The molecule has 3 aromatic rings. The molecule has 0 spiro atoms. The van der Waals surface area contributed by atoms with Gasteiger partial charge in [-0.05, 0) is 6.42 Å². The van der Waals surface area contributed by atoms with Crippen LogP contribution in [0.1, 0.15) is 54.9 Å². The van der Waals surface area contributed by atoms with E-state index in [1.165, 1.54) is 24.0 Å². The zero-order chi connectivity index (χ0) is 20.8. The predicted molar refractivity (Wildman–Crippen MR) is 106 cm³/mol. The fraction of sp³-hybridized carbons (Fsp3) is 0.450. The molecular formula is C20H24N6O3. The molecule has 1 fully saturated rings. The number of aromatic amines is 1. The lowest BCUT2D eigenvalue weighted by Gasteiger charge is -2.16. The summed E-state index contributed by atoms with van der Waals surface area (Å²) in [5.74, 6) is -0.117. The minimum Gasteiger partial charge on any atom is -0.467 e. The summed E-state index contributed by atoms with van der Waals surface area (Å²) in [6.45, 7) is 7.33. The highest BCUT2D eigenvalue weighted by Gasteiger charge is 2.30. The third kappa shape index (κ3) is 3.59. The Labute approximate surface area is 167 Å². The van der Waals surface area contributed by atoms with Crippen LogP contribution in [0.3, 0.4) is 0 Å². The van der Waals surface area contributed by atoms with Gasteiger partial charge < -0.3 is 9.64 Å². The molecule has 29 heavy (non-hydrogen) atoms. The summed E-state index contributed by atoms with van der Waals surface area (Å²) in [6.07, 6.45) is 3.68. The second-order valence-corrected chi connectivity index (χ2v) is 8.33. The van der Waals surface area contributed by atoms with Crippen LogP contribution in [0.2, 0.25) is 0 Å². The second-order valence-electron chi connectivity index (χ2n) is 8.33. The number of aromatic nitrogens is 5. The summed E-state index contributed by atoms with van der Waals surface area (Å²) in [4.78, 5) is 39.7. The standard InChI is InChI=1S/C20H24N6O3/c1-20(2,3)15-8-16-23-14(7-17(27)26(16)24-15)12-5-6-25(11-12)18(28)13-9-21-19(29-4)22-10-13/h7-10,12,24H,5-6,11H2,1-4H3/t12-/m1/s1. The van der Waals surface area contributed by atoms with Crippen molar-refractivity contribution in [2.75, 3.05) is 20.2 Å². The van der Waals surface area contributed by atoms with Gasteiger partial charge in [0.2, 0.25) is 0 Å². The normalized spacial score (nSPS) is 17.1. The molecule has 4 heterocycles. The number of H-pyrrole nitrogens is 1. The molecule has 1 aliphatic rings. The number of nitrogens with one attached hydrogen (secondary N) is 1. The number of hydrogen-bond acceptors (Lipinski definition) is 6. The summed E-state index contributed by atoms with van der Waals surface area (Å²) >= 11 is 0. The number of carbonyl (C=O) groups is 1. The average Bonchev–Trinajstić information content (AvgIpc) is 3.35. The Hall–Kier alpha value is -3.23. The molecule has 0 bridgehead atoms. The lowest BCUT2D eigenvalue weighted by atomic mass is 9.93. The molecule has 1 atom stereocenters. The van der Waals surface area contributed by atoms with E-state index in [4.69, 9.17) is 9.72 Å². The molecule has 9 heteroatoms. The lowest BCUT2D eigenvalue weighted by molar-refractivity contribution is 0.0789. The van der Waals surface area contributed by atoms with Crippen molar-refractivity contribution in [3.8, 4) is 6.01 Å². The van der Waals surface area contributed by atoms with Crippen LogP contribution in [0.15, 0.2) is 29.3 Å². The summed E-state index contributed by atoms with van der Waals surface area (Å²) in [6, 6.07) is 3.70. The first-order chi connectivity index (χ1) is 13.8. The highest BCUT2D eigenvalue weighted by atomic mass is 16.5. The number of hydrogen-bond donors (Lipinski definition) is 1. The predicted octanol–water partition coefficient (Wildman–Crippen LogP) is 1.75. The van der Waals surface area contributed by atoms with E-state index in [2.05, 4.69) is 35.8 Å². The maximum Gasteiger partial charge on any atom is 0.316 e. The monoisotopic (exact) mass is 396 g/mol. The summed E-state index contributed by atoms with van der Waals surface area (Å²) in [7, 11) is 1.48. The topological polar surface area (TPSA) is 105 Å². The number of rotatable bonds is 3. The van der Waals surface area contributed by atoms with E-state index in [9.17, 15) is 9.59 Å². The fourth-order valence-electron chi connectivity index (χ4n) is 3.50. The molecule has 152 valence electrons. The van der Waals surface area contributed by atoms with Gasteiger partial charge in [-0.25, -0.2) is 19.5 Å². The molecule has 3 aromatic heterocycles. The van der Waals surface area contributed by atoms with Crippen LogP contribution in [-0.2, 0) is 5.41 Å². The Morgan fingerprint density at radius 2 is 1.97 bits per heavy atom. The lowest BCUT2D eigenvalue weighted by Crippen LogP contribution is -2.29. The highest BCUT2D eigenvalue weighted by Crippen LogP contribution is 2.27. The van der Waals surface area contributed by atoms with Gasteiger partial charge in [0.15, 0.2) is 5.65 Å². The Balaban J connectivity index is 1.56. The van der Waals surface area contributed by atoms with Gasteiger partial charge in [-0.3, -0.25) is 14.7 Å². The van der Waals surface area contributed by atoms with E-state index in [0.29, 0.717) is 24.3 Å². The molecule has 1 aliphatic heterocycles. The smallest absolute Gasteiger partial charge is 0.316 e. The second kappa shape index (κ2) is 6.98. The maximum absolute atomic E-state index is 12.7. The molecule has 4 rings (SSSR count). The van der Waals surface area contributed by atoms with Crippen LogP contribution < -0.4 is 10.3 Å². The average molecular weight is 396 g/mol. The zero-order valence-corrected chi connectivity index (χ0v) is 17.0. The van der Waals surface area contributed by atoms with Crippen molar-refractivity contribution in [2.45, 2.75) is 38.5 Å². The van der Waals surface area contributed by atoms with Crippen molar-refractivity contribution in [3.05, 3.63) is 51.8 Å². The van der Waals surface area contributed by atoms with Gasteiger partial charge in [0, 0.05) is 54.6 Å². The highest BCUT2D eigenvalue weighted by molar-refractivity contribution is 5.93. The van der Waals surface area contributed by atoms with Crippen LogP contribution in [0.5, 0.6) is 6.01 Å². The largest absolute Gasteiger partial charge is 0.467 e. The Morgan fingerprint density at radius 3 is 2.62 bits per heavy atom. The molecule has 1 amide bonds. The number of methoxy groups -OCH3 is 1. The van der Waals surface area contributed by atoms with Crippen molar-refractivity contribution in [1.29, 1.82) is 0 Å². The number of fused-ring (bicyclic) bond motifs is 1. The van der Waals surface area contributed by atoms with Crippen molar-refractivity contribution in [2.24, 2.45) is 0 Å². The van der Waals surface area contributed by atoms with Crippen molar-refractivity contribution >= 4 is 11.6 Å². The quantitative estimate of drug-likeness (QED) is 0.723. The SMILES string of the molecule is COc1ncc(C(=O)N2CC[C@@H](c3cc(=O)n4[nH]c(C(C)(C)C)cc4n3)C2)cn1. The molecular weight excluding hydrogens is 372 g/mol. The fourth-order valence-corrected chi connectivity index (χ4v) is 3.50. The van der Waals surface area contributed by atoms with E-state index in [1.54, 1.807) is 11.0 Å². The molecule has 0 saturated carbocycles. The minimum atomic E-state index is -0.145. The summed E-state index contributed by atoms with van der Waals surface area (Å²) < 4.78 is 6.40. The van der Waals surface area contributed by atoms with Crippen LogP contribution in [-0.4, -0.2) is 55.6 Å². The van der Waals surface area contributed by atoms with Gasteiger partial charge in [-0.15, -0.1) is 0 Å². The first-order valence-corrected chi connectivity index (χ1v) is 9.55. The van der Waals surface area contributed by atoms with Crippen LogP contribution >= 0.6 is 0 Å². The van der Waals surface area contributed by atoms with E-state index in [0.717, 1.165) is 17.8 Å². The Bertz CT molecular complexity index is 1110. The number of likely N-dealkylation sites (tertiary alicyclic amines) is 1. The first-order valence-electron chi connectivity index (χ1n) is 9.55. The molecule has 0 radical (unpaired) electrons. The Kier molecular flexibility index (Phi) is 4.60. The molecule has 9 nitrogen and oxygen atoms in total. The first kappa shape index (κ1) is 19.1. The van der Waals surface area contributed by atoms with E-state index < -0.39 is 0 Å². The zero-order valence-electron chi connectivity index (χ0n) is 17.0. The van der Waals surface area contributed by atoms with Gasteiger partial charge in [-0.2, -0.15) is 0 Å². The molecule has 0 unspecified atom stereocenters. The summed E-state index contributed by atoms with van der Waals surface area (Å²) in [5.41, 5.74) is 2.42. The Morgan fingerprint density at radius 1 is 1.24 bits per heavy atom. The van der Waals surface area contributed by atoms with Crippen LogP contribution in [0.4, 0.5) is 0 Å². The van der Waals surface area contributed by atoms with Gasteiger partial charge in [0.1, 0.15) is 0 Å². The molecule has 0 aromatic carbocycles. The summed E-state index contributed by atoms with van der Waals surface area (Å²) in [5, 5.41) is 3.13. The third-order valence-corrected chi connectivity index (χ3v) is 5.23. The van der Waals surface area contributed by atoms with Crippen LogP contribution in [0, 0.1) is 0 Å². The molecule has 0 aliphatic carbocycles. The van der Waals surface area contributed by atoms with E-state index in [-0.39, 0.29) is 28.8 Å². The molecule has 1 saturated heterocycles. The van der Waals surface area contributed by atoms with E-state index in [1.807, 2.05) is 6.07 Å². The van der Waals surface area contributed by atoms with Crippen molar-refractivity contribution < 1.29 is 9.53 Å². The van der Waals surface area contributed by atoms with E-state index >= 15 is 0 Å². The van der Waals surface area contributed by atoms with Gasteiger partial charge in [0.25, 0.3) is 11.5 Å². The van der Waals surface area contributed by atoms with Crippen LogP contribution in [0.25, 0.3) is 5.65 Å².